The van der Waals surface area contributed by atoms with Crippen LogP contribution in [0.3, 0.4) is 0 Å². The Morgan fingerprint density at radius 3 is 2.84 bits per heavy atom. The van der Waals surface area contributed by atoms with Gasteiger partial charge in [-0.2, -0.15) is 0 Å². The largest absolute Gasteiger partial charge is 0.454 e. The Balaban J connectivity index is 1.45. The van der Waals surface area contributed by atoms with E-state index < -0.39 is 5.82 Å². The standard InChI is InChI=1S/C18H15FN2O4/c19-12-2-1-3-14(7-12)21-9-13(8-17(21)22)20-18(23)11-4-5-15-16(6-11)25-10-24-15/h1-7,13H,8-10H2,(H,20,23)/t13-/m1/s1. The zero-order valence-corrected chi connectivity index (χ0v) is 13.2. The minimum Gasteiger partial charge on any atom is -0.454 e. The minimum absolute atomic E-state index is 0.139. The maximum absolute atomic E-state index is 13.4. The van der Waals surface area contributed by atoms with Gasteiger partial charge in [0.15, 0.2) is 11.5 Å². The summed E-state index contributed by atoms with van der Waals surface area (Å²) in [6.07, 6.45) is 0.173. The first-order valence-electron chi connectivity index (χ1n) is 7.86. The molecule has 1 N–H and O–H groups in total. The van der Waals surface area contributed by atoms with Crippen molar-refractivity contribution in [1.82, 2.24) is 5.32 Å². The molecule has 0 saturated carbocycles. The van der Waals surface area contributed by atoms with Gasteiger partial charge in [0.2, 0.25) is 12.7 Å². The van der Waals surface area contributed by atoms with E-state index in [4.69, 9.17) is 9.47 Å². The molecule has 2 aliphatic heterocycles. The van der Waals surface area contributed by atoms with Gasteiger partial charge in [0.1, 0.15) is 5.82 Å². The fourth-order valence-corrected chi connectivity index (χ4v) is 3.00. The van der Waals surface area contributed by atoms with E-state index in [0.717, 1.165) is 0 Å². The molecule has 2 aliphatic rings. The molecule has 1 atom stereocenters. The molecule has 0 aromatic heterocycles. The summed E-state index contributed by atoms with van der Waals surface area (Å²) in [6.45, 7) is 0.443. The van der Waals surface area contributed by atoms with E-state index in [2.05, 4.69) is 5.32 Å². The predicted octanol–water partition coefficient (Wildman–Crippen LogP) is 2.09. The molecule has 2 aromatic carbocycles. The van der Waals surface area contributed by atoms with E-state index in [9.17, 15) is 14.0 Å². The lowest BCUT2D eigenvalue weighted by Gasteiger charge is -2.17. The topological polar surface area (TPSA) is 67.9 Å². The number of anilines is 1. The van der Waals surface area contributed by atoms with E-state index in [-0.39, 0.29) is 31.1 Å². The number of carbonyl (C=O) groups excluding carboxylic acids is 2. The zero-order valence-electron chi connectivity index (χ0n) is 13.2. The van der Waals surface area contributed by atoms with E-state index in [0.29, 0.717) is 29.3 Å². The first-order chi connectivity index (χ1) is 12.1. The molecule has 0 spiro atoms. The summed E-state index contributed by atoms with van der Waals surface area (Å²) in [5, 5.41) is 2.84. The highest BCUT2D eigenvalue weighted by Crippen LogP contribution is 2.32. The van der Waals surface area contributed by atoms with Gasteiger partial charge in [-0.1, -0.05) is 6.07 Å². The van der Waals surface area contributed by atoms with Crippen LogP contribution in [0.5, 0.6) is 11.5 Å². The monoisotopic (exact) mass is 342 g/mol. The number of hydrogen-bond donors (Lipinski definition) is 1. The van der Waals surface area contributed by atoms with Gasteiger partial charge in [-0.25, -0.2) is 4.39 Å². The molecule has 0 radical (unpaired) electrons. The molecule has 2 heterocycles. The van der Waals surface area contributed by atoms with Crippen LogP contribution in [0.2, 0.25) is 0 Å². The fourth-order valence-electron chi connectivity index (χ4n) is 3.00. The predicted molar refractivity (Wildman–Crippen MR) is 87.2 cm³/mol. The molecule has 7 heteroatoms. The smallest absolute Gasteiger partial charge is 0.251 e. The average molecular weight is 342 g/mol. The van der Waals surface area contributed by atoms with Gasteiger partial charge in [0, 0.05) is 24.2 Å². The summed E-state index contributed by atoms with van der Waals surface area (Å²) in [5.74, 6) is 0.276. The summed E-state index contributed by atoms with van der Waals surface area (Å²) >= 11 is 0. The lowest BCUT2D eigenvalue weighted by molar-refractivity contribution is -0.117. The lowest BCUT2D eigenvalue weighted by atomic mass is 10.1. The van der Waals surface area contributed by atoms with Crippen molar-refractivity contribution in [2.24, 2.45) is 0 Å². The highest BCUT2D eigenvalue weighted by molar-refractivity contribution is 5.99. The summed E-state index contributed by atoms with van der Waals surface area (Å²) < 4.78 is 23.8. The van der Waals surface area contributed by atoms with Gasteiger partial charge in [0.25, 0.3) is 5.91 Å². The number of rotatable bonds is 3. The number of hydrogen-bond acceptors (Lipinski definition) is 4. The molecule has 2 amide bonds. The van der Waals surface area contributed by atoms with E-state index in [1.807, 2.05) is 0 Å². The van der Waals surface area contributed by atoms with Gasteiger partial charge in [-0.05, 0) is 36.4 Å². The van der Waals surface area contributed by atoms with Crippen LogP contribution in [0.4, 0.5) is 10.1 Å². The van der Waals surface area contributed by atoms with Crippen LogP contribution in [-0.2, 0) is 4.79 Å². The minimum atomic E-state index is -0.404. The van der Waals surface area contributed by atoms with Crippen LogP contribution < -0.4 is 19.7 Å². The number of nitrogens with zero attached hydrogens (tertiary/aromatic N) is 1. The van der Waals surface area contributed by atoms with Crippen molar-refractivity contribution in [2.45, 2.75) is 12.5 Å². The molecule has 1 saturated heterocycles. The van der Waals surface area contributed by atoms with Crippen LogP contribution in [0.25, 0.3) is 0 Å². The van der Waals surface area contributed by atoms with Crippen molar-refractivity contribution < 1.29 is 23.5 Å². The van der Waals surface area contributed by atoms with E-state index in [1.165, 1.54) is 17.0 Å². The summed E-state index contributed by atoms with van der Waals surface area (Å²) in [6, 6.07) is 10.4. The Morgan fingerprint density at radius 2 is 2.00 bits per heavy atom. The number of amides is 2. The third-order valence-electron chi connectivity index (χ3n) is 4.21. The summed E-state index contributed by atoms with van der Waals surface area (Å²) in [7, 11) is 0. The third kappa shape index (κ3) is 3.00. The SMILES string of the molecule is O=C(N[C@@H]1CC(=O)N(c2cccc(F)c2)C1)c1ccc2c(c1)OCO2. The Kier molecular flexibility index (Phi) is 3.76. The molecule has 0 bridgehead atoms. The summed E-state index contributed by atoms with van der Waals surface area (Å²) in [5.41, 5.74) is 0.922. The normalized spacial score (nSPS) is 18.5. The maximum Gasteiger partial charge on any atom is 0.251 e. The first-order valence-corrected chi connectivity index (χ1v) is 7.86. The Labute approximate surface area is 143 Å². The van der Waals surface area contributed by atoms with Gasteiger partial charge in [0.05, 0.1) is 6.04 Å². The molecule has 0 aliphatic carbocycles. The number of fused-ring (bicyclic) bond motifs is 1. The first kappa shape index (κ1) is 15.4. The fraction of sp³-hybridized carbons (Fsp3) is 0.222. The van der Waals surface area contributed by atoms with Gasteiger partial charge in [-0.3, -0.25) is 9.59 Å². The molecule has 128 valence electrons. The highest BCUT2D eigenvalue weighted by atomic mass is 19.1. The van der Waals surface area contributed by atoms with Crippen molar-refractivity contribution in [3.8, 4) is 11.5 Å². The van der Waals surface area contributed by atoms with E-state index in [1.54, 1.807) is 30.3 Å². The van der Waals surface area contributed by atoms with Gasteiger partial charge < -0.3 is 19.7 Å². The molecular formula is C18H15FN2O4. The molecule has 2 aromatic rings. The average Bonchev–Trinajstić information content (AvgIpc) is 3.20. The van der Waals surface area contributed by atoms with Crippen molar-refractivity contribution in [3.05, 3.63) is 53.8 Å². The third-order valence-corrected chi connectivity index (χ3v) is 4.21. The molecule has 1 fully saturated rings. The Bertz CT molecular complexity index is 855. The second-order valence-electron chi connectivity index (χ2n) is 5.93. The lowest BCUT2D eigenvalue weighted by Crippen LogP contribution is -2.37. The maximum atomic E-state index is 13.4. The quantitative estimate of drug-likeness (QED) is 0.927. The molecule has 6 nitrogen and oxygen atoms in total. The zero-order chi connectivity index (χ0) is 17.4. The van der Waals surface area contributed by atoms with Crippen LogP contribution in [0, 0.1) is 5.82 Å². The Hall–Kier alpha value is -3.09. The van der Waals surface area contributed by atoms with Crippen LogP contribution in [-0.4, -0.2) is 31.2 Å². The number of benzene rings is 2. The van der Waals surface area contributed by atoms with E-state index >= 15 is 0 Å². The molecular weight excluding hydrogens is 327 g/mol. The molecule has 25 heavy (non-hydrogen) atoms. The number of ether oxygens (including phenoxy) is 2. The second-order valence-corrected chi connectivity index (χ2v) is 5.93. The highest BCUT2D eigenvalue weighted by Gasteiger charge is 2.32. The van der Waals surface area contributed by atoms with Crippen LogP contribution >= 0.6 is 0 Å². The van der Waals surface area contributed by atoms with Gasteiger partial charge >= 0.3 is 0 Å². The van der Waals surface area contributed by atoms with Crippen molar-refractivity contribution >= 4 is 17.5 Å². The second kappa shape index (κ2) is 6.08. The van der Waals surface area contributed by atoms with Crippen LogP contribution in [0.15, 0.2) is 42.5 Å². The number of halogens is 1. The van der Waals surface area contributed by atoms with Crippen molar-refractivity contribution in [3.63, 3.8) is 0 Å². The number of carbonyl (C=O) groups is 2. The number of nitrogens with one attached hydrogen (secondary N) is 1. The van der Waals surface area contributed by atoms with Crippen molar-refractivity contribution in [1.29, 1.82) is 0 Å². The van der Waals surface area contributed by atoms with Crippen LogP contribution in [0.1, 0.15) is 16.8 Å². The van der Waals surface area contributed by atoms with Gasteiger partial charge in [-0.15, -0.1) is 0 Å². The molecule has 4 rings (SSSR count). The van der Waals surface area contributed by atoms with Crippen molar-refractivity contribution in [2.75, 3.05) is 18.2 Å². The Morgan fingerprint density at radius 1 is 1.16 bits per heavy atom. The summed E-state index contributed by atoms with van der Waals surface area (Å²) in [4.78, 5) is 26.1. The molecule has 0 unspecified atom stereocenters.